The zero-order valence-electron chi connectivity index (χ0n) is 36.1. The molecule has 3 aliphatic carbocycles. The molecule has 292 valence electrons. The summed E-state index contributed by atoms with van der Waals surface area (Å²) in [6.45, 7) is 23.7. The minimum atomic E-state index is -0.191. The molecule has 0 saturated heterocycles. The lowest BCUT2D eigenvalue weighted by molar-refractivity contribution is 0.380. The minimum Gasteiger partial charge on any atom is -0.311 e. The molecule has 0 bridgehead atoms. The lowest BCUT2D eigenvalue weighted by atomic mass is 9.69. The number of para-hydroxylation sites is 2. The first-order valence-electron chi connectivity index (χ1n) is 21.4. The van der Waals surface area contributed by atoms with E-state index < -0.39 is 0 Å². The maximum atomic E-state index is 2.61. The number of nitrogens with zero attached hydrogens (tertiary/aromatic N) is 2. The highest BCUT2D eigenvalue weighted by Crippen LogP contribution is 2.63. The molecule has 0 amide bonds. The van der Waals surface area contributed by atoms with Gasteiger partial charge in [0.2, 0.25) is 0 Å². The van der Waals surface area contributed by atoms with Crippen molar-refractivity contribution < 1.29 is 0 Å². The van der Waals surface area contributed by atoms with Crippen molar-refractivity contribution in [2.45, 2.75) is 97.8 Å². The van der Waals surface area contributed by atoms with Gasteiger partial charge in [0.05, 0.1) is 0 Å². The molecule has 2 unspecified atom stereocenters. The van der Waals surface area contributed by atoms with Crippen LogP contribution in [0.4, 0.5) is 28.4 Å². The summed E-state index contributed by atoms with van der Waals surface area (Å²) in [5, 5.41) is 0. The molecule has 0 radical (unpaired) electrons. The van der Waals surface area contributed by atoms with E-state index in [0.717, 1.165) is 0 Å². The first-order valence-corrected chi connectivity index (χ1v) is 21.4. The molecule has 9 rings (SSSR count). The van der Waals surface area contributed by atoms with Crippen molar-refractivity contribution in [3.63, 3.8) is 0 Å². The number of allylic oxidation sites excluding steroid dienone is 3. The van der Waals surface area contributed by atoms with Gasteiger partial charge in [-0.2, -0.15) is 0 Å². The zero-order chi connectivity index (χ0) is 40.7. The van der Waals surface area contributed by atoms with Gasteiger partial charge in [0.15, 0.2) is 0 Å². The number of hydrogen-bond acceptors (Lipinski definition) is 2. The second-order valence-corrected chi connectivity index (χ2v) is 18.8. The molecule has 6 aromatic rings. The third-order valence-electron chi connectivity index (χ3n) is 13.7. The molecule has 0 spiro atoms. The van der Waals surface area contributed by atoms with Gasteiger partial charge in [-0.15, -0.1) is 0 Å². The Morgan fingerprint density at radius 1 is 0.534 bits per heavy atom. The number of anilines is 5. The van der Waals surface area contributed by atoms with Gasteiger partial charge in [-0.05, 0) is 154 Å². The molecule has 2 heteroatoms. The van der Waals surface area contributed by atoms with Crippen molar-refractivity contribution in [2.24, 2.45) is 5.92 Å². The predicted molar refractivity (Wildman–Crippen MR) is 248 cm³/mol. The molecule has 0 saturated carbocycles. The second kappa shape index (κ2) is 14.0. The van der Waals surface area contributed by atoms with Crippen LogP contribution in [0.1, 0.15) is 119 Å². The van der Waals surface area contributed by atoms with Crippen molar-refractivity contribution in [1.82, 2.24) is 0 Å². The number of rotatable bonds is 8. The van der Waals surface area contributed by atoms with Crippen LogP contribution in [0.25, 0.3) is 11.1 Å². The number of aryl methyl sites for hydroxylation is 1. The molecule has 0 heterocycles. The van der Waals surface area contributed by atoms with E-state index in [4.69, 9.17) is 0 Å². The second-order valence-electron chi connectivity index (χ2n) is 18.8. The molecule has 0 aromatic heterocycles. The fourth-order valence-corrected chi connectivity index (χ4v) is 10.7. The molecule has 2 nitrogen and oxygen atoms in total. The van der Waals surface area contributed by atoms with Crippen LogP contribution in [0.3, 0.4) is 0 Å². The van der Waals surface area contributed by atoms with E-state index in [2.05, 4.69) is 225 Å². The minimum absolute atomic E-state index is 0.0970. The van der Waals surface area contributed by atoms with E-state index in [9.17, 15) is 0 Å². The van der Waals surface area contributed by atoms with Gasteiger partial charge in [0.1, 0.15) is 0 Å². The van der Waals surface area contributed by atoms with Crippen LogP contribution in [-0.4, -0.2) is 0 Å². The summed E-state index contributed by atoms with van der Waals surface area (Å²) in [6.07, 6.45) is 5.07. The summed E-state index contributed by atoms with van der Waals surface area (Å²) in [7, 11) is 0. The molecule has 58 heavy (non-hydrogen) atoms. The van der Waals surface area contributed by atoms with Crippen molar-refractivity contribution in [2.75, 3.05) is 9.80 Å². The number of hydrogen-bond donors (Lipinski definition) is 0. The predicted octanol–water partition coefficient (Wildman–Crippen LogP) is 15.7. The summed E-state index contributed by atoms with van der Waals surface area (Å²) >= 11 is 0. The van der Waals surface area contributed by atoms with E-state index in [1.165, 1.54) is 84.2 Å². The van der Waals surface area contributed by atoms with Crippen LogP contribution in [0, 0.1) is 12.8 Å². The SMILES string of the molecule is CC1=CC(N(c2ccccc2)c2ccc(C(C)C)cc2)=CC2C1c1ccc3c(c1C2(C)C)C(C)(C)c1cc(N(c2ccccc2)c2ccc(C(C)C)cc2)cc(C)c1-3. The monoisotopic (exact) mass is 758 g/mol. The Morgan fingerprint density at radius 2 is 1.05 bits per heavy atom. The van der Waals surface area contributed by atoms with Gasteiger partial charge in [-0.25, -0.2) is 0 Å². The summed E-state index contributed by atoms with van der Waals surface area (Å²) in [4.78, 5) is 4.90. The van der Waals surface area contributed by atoms with E-state index in [-0.39, 0.29) is 10.8 Å². The highest BCUT2D eigenvalue weighted by molar-refractivity contribution is 5.89. The molecular formula is C56H58N2. The fraction of sp³-hybridized carbons (Fsp3) is 0.286. The molecule has 2 atom stereocenters. The van der Waals surface area contributed by atoms with Gasteiger partial charge in [0, 0.05) is 45.5 Å². The van der Waals surface area contributed by atoms with Crippen molar-refractivity contribution >= 4 is 28.4 Å². The first-order chi connectivity index (χ1) is 27.8. The lowest BCUT2D eigenvalue weighted by Gasteiger charge is -2.37. The Hall–Kier alpha value is -5.60. The summed E-state index contributed by atoms with van der Waals surface area (Å²) in [5.74, 6) is 1.62. The van der Waals surface area contributed by atoms with Crippen LogP contribution in [0.5, 0.6) is 0 Å². The Kier molecular flexibility index (Phi) is 9.19. The summed E-state index contributed by atoms with van der Waals surface area (Å²) in [6, 6.07) is 50.0. The topological polar surface area (TPSA) is 6.48 Å². The Labute approximate surface area is 347 Å². The molecule has 3 aliphatic rings. The van der Waals surface area contributed by atoms with Gasteiger partial charge >= 0.3 is 0 Å². The van der Waals surface area contributed by atoms with Crippen LogP contribution in [-0.2, 0) is 10.8 Å². The molecule has 6 aromatic carbocycles. The van der Waals surface area contributed by atoms with E-state index in [1.54, 1.807) is 5.56 Å². The molecule has 0 aliphatic heterocycles. The third kappa shape index (κ3) is 5.98. The first kappa shape index (κ1) is 37.9. The Morgan fingerprint density at radius 3 is 1.60 bits per heavy atom. The van der Waals surface area contributed by atoms with Crippen molar-refractivity contribution in [3.05, 3.63) is 196 Å². The molecule has 0 fully saturated rings. The number of fused-ring (bicyclic) bond motifs is 7. The maximum Gasteiger partial charge on any atom is 0.0467 e. The fourth-order valence-electron chi connectivity index (χ4n) is 10.7. The van der Waals surface area contributed by atoms with E-state index in [1.807, 2.05) is 0 Å². The Balaban J connectivity index is 1.16. The summed E-state index contributed by atoms with van der Waals surface area (Å²) in [5.41, 5.74) is 21.2. The average molecular weight is 759 g/mol. The smallest absolute Gasteiger partial charge is 0.0467 e. The van der Waals surface area contributed by atoms with Gasteiger partial charge in [-0.3, -0.25) is 0 Å². The number of benzene rings is 6. The average Bonchev–Trinajstić information content (AvgIpc) is 3.59. The van der Waals surface area contributed by atoms with Gasteiger partial charge in [0.25, 0.3) is 0 Å². The van der Waals surface area contributed by atoms with Crippen LogP contribution < -0.4 is 9.80 Å². The van der Waals surface area contributed by atoms with E-state index in [0.29, 0.717) is 23.7 Å². The zero-order valence-corrected chi connectivity index (χ0v) is 36.1. The Bertz CT molecular complexity index is 2570. The quantitative estimate of drug-likeness (QED) is 0.153. The van der Waals surface area contributed by atoms with E-state index >= 15 is 0 Å². The highest BCUT2D eigenvalue weighted by Gasteiger charge is 2.52. The standard InChI is InChI=1S/C56H58N2/c1-35(2)39-21-25-43(26-22-39)57(41-17-13-11-14-18-41)45-31-37(5)51-47-29-30-48-52-38(6)32-46(34-50(52)56(9,10)54(48)53(47)55(7,8)49(51)33-45)58(42-19-15-12-16-20-42)44-27-23-40(24-28-44)36(3)4/h11-36,49,51H,1-10H3. The van der Waals surface area contributed by atoms with Gasteiger partial charge < -0.3 is 9.80 Å². The summed E-state index contributed by atoms with van der Waals surface area (Å²) < 4.78 is 0. The molecular weight excluding hydrogens is 701 g/mol. The molecule has 0 N–H and O–H groups in total. The largest absolute Gasteiger partial charge is 0.311 e. The normalized spacial score (nSPS) is 18.3. The lowest BCUT2D eigenvalue weighted by Crippen LogP contribution is -2.31. The van der Waals surface area contributed by atoms with Crippen molar-refractivity contribution in [1.29, 1.82) is 0 Å². The third-order valence-corrected chi connectivity index (χ3v) is 13.7. The maximum absolute atomic E-state index is 2.61. The van der Waals surface area contributed by atoms with Gasteiger partial charge in [-0.1, -0.05) is 140 Å². The van der Waals surface area contributed by atoms with Crippen LogP contribution in [0.2, 0.25) is 0 Å². The van der Waals surface area contributed by atoms with Crippen molar-refractivity contribution in [3.8, 4) is 11.1 Å². The van der Waals surface area contributed by atoms with Crippen LogP contribution >= 0.6 is 0 Å². The van der Waals surface area contributed by atoms with Crippen LogP contribution in [0.15, 0.2) is 157 Å². The highest BCUT2D eigenvalue weighted by atomic mass is 15.2.